The molecule has 0 aromatic heterocycles. The first-order valence-corrected chi connectivity index (χ1v) is 10.7. The lowest BCUT2D eigenvalue weighted by molar-refractivity contribution is -0.232. The van der Waals surface area contributed by atoms with Crippen molar-refractivity contribution in [2.24, 2.45) is 45.8 Å². The molecule has 1 aliphatic heterocycles. The van der Waals surface area contributed by atoms with Crippen molar-refractivity contribution in [3.05, 3.63) is 0 Å². The average Bonchev–Trinajstić information content (AvgIpc) is 3.18. The van der Waals surface area contributed by atoms with E-state index >= 15 is 0 Å². The Morgan fingerprint density at radius 3 is 2.52 bits per heavy atom. The third-order valence-corrected chi connectivity index (χ3v) is 10.3. The predicted octanol–water partition coefficient (Wildman–Crippen LogP) is 3.93. The van der Waals surface area contributed by atoms with E-state index in [4.69, 9.17) is 4.74 Å². The number of hydrogen-bond acceptors (Lipinski definition) is 3. The topological polar surface area (TPSA) is 46.5 Å². The largest absolute Gasteiger partial charge is 0.465 e. The summed E-state index contributed by atoms with van der Waals surface area (Å²) < 4.78 is 5.59. The second-order valence-corrected chi connectivity index (χ2v) is 11.5. The van der Waals surface area contributed by atoms with Gasteiger partial charge in [-0.05, 0) is 106 Å². The molecule has 6 atom stereocenters. The number of carbonyl (C=O) groups is 1. The van der Waals surface area contributed by atoms with Gasteiger partial charge in [0.1, 0.15) is 0 Å². The van der Waals surface area contributed by atoms with Crippen LogP contribution in [0.25, 0.3) is 0 Å². The van der Waals surface area contributed by atoms with Crippen LogP contribution < -0.4 is 0 Å². The van der Waals surface area contributed by atoms with Gasteiger partial charge in [0.05, 0.1) is 18.1 Å². The van der Waals surface area contributed by atoms with E-state index in [1.165, 1.54) is 57.8 Å². The molecule has 3 nitrogen and oxygen atoms in total. The molecule has 1 saturated heterocycles. The van der Waals surface area contributed by atoms with Crippen LogP contribution in [0.1, 0.15) is 71.6 Å². The maximum absolute atomic E-state index is 12.7. The molecule has 7 rings (SSSR count). The van der Waals surface area contributed by atoms with Crippen molar-refractivity contribution in [1.29, 1.82) is 0 Å². The van der Waals surface area contributed by atoms with E-state index in [0.29, 0.717) is 17.9 Å². The molecule has 0 amide bonds. The molecule has 7 fully saturated rings. The van der Waals surface area contributed by atoms with Gasteiger partial charge < -0.3 is 9.84 Å². The van der Waals surface area contributed by atoms with Crippen molar-refractivity contribution < 1.29 is 14.6 Å². The fourth-order valence-electron chi connectivity index (χ4n) is 9.72. The Morgan fingerprint density at radius 1 is 1.12 bits per heavy atom. The lowest BCUT2D eigenvalue weighted by Gasteiger charge is -2.70. The van der Waals surface area contributed by atoms with Gasteiger partial charge in [0, 0.05) is 5.92 Å². The first-order valence-electron chi connectivity index (χ1n) is 10.7. The summed E-state index contributed by atoms with van der Waals surface area (Å²) in [4.78, 5) is 12.7. The maximum Gasteiger partial charge on any atom is 0.309 e. The number of ether oxygens (including phenoxy) is 1. The minimum Gasteiger partial charge on any atom is -0.465 e. The smallest absolute Gasteiger partial charge is 0.309 e. The zero-order chi connectivity index (χ0) is 17.2. The van der Waals surface area contributed by atoms with Gasteiger partial charge in [-0.15, -0.1) is 0 Å². The molecule has 1 N–H and O–H groups in total. The van der Waals surface area contributed by atoms with E-state index in [1.54, 1.807) is 0 Å². The lowest BCUT2D eigenvalue weighted by atomic mass is 9.35. The third kappa shape index (κ3) is 1.62. The first kappa shape index (κ1) is 15.5. The molecule has 6 aliphatic carbocycles. The summed E-state index contributed by atoms with van der Waals surface area (Å²) in [6.07, 6.45) is 11.4. The minimum atomic E-state index is -0.598. The molecule has 3 heteroatoms. The number of cyclic esters (lactones) is 1. The number of aliphatic hydroxyl groups is 1. The molecule has 6 bridgehead atoms. The second kappa shape index (κ2) is 4.29. The minimum absolute atomic E-state index is 0.0878. The summed E-state index contributed by atoms with van der Waals surface area (Å²) >= 11 is 0. The van der Waals surface area contributed by atoms with Crippen LogP contribution in [0.15, 0.2) is 0 Å². The van der Waals surface area contributed by atoms with Crippen molar-refractivity contribution in [1.82, 2.24) is 0 Å². The molecule has 138 valence electrons. The Labute approximate surface area is 150 Å². The summed E-state index contributed by atoms with van der Waals surface area (Å²) in [6.45, 7) is 4.81. The summed E-state index contributed by atoms with van der Waals surface area (Å²) in [5, 5.41) is 11.2. The van der Waals surface area contributed by atoms with Crippen molar-refractivity contribution >= 4 is 5.97 Å². The van der Waals surface area contributed by atoms with Gasteiger partial charge in [0.2, 0.25) is 0 Å². The molecule has 0 aromatic carbocycles. The molecule has 7 aliphatic rings. The third-order valence-electron chi connectivity index (χ3n) is 10.3. The molecule has 0 aromatic rings. The molecular weight excluding hydrogens is 312 g/mol. The molecule has 0 radical (unpaired) electrons. The normalized spacial score (nSPS) is 58.7. The average molecular weight is 344 g/mol. The van der Waals surface area contributed by atoms with Crippen LogP contribution in [0.4, 0.5) is 0 Å². The Morgan fingerprint density at radius 2 is 1.84 bits per heavy atom. The second-order valence-electron chi connectivity index (χ2n) is 11.5. The van der Waals surface area contributed by atoms with Gasteiger partial charge in [0.25, 0.3) is 0 Å². The van der Waals surface area contributed by atoms with Crippen LogP contribution in [0, 0.1) is 45.8 Å². The van der Waals surface area contributed by atoms with Crippen LogP contribution in [0.2, 0.25) is 0 Å². The SMILES string of the molecule is CC(C)(O)C12CC3CC(C1)CC(C14CCC(C1)C1COC(=O)C14)(C3)C2. The van der Waals surface area contributed by atoms with Crippen LogP contribution >= 0.6 is 0 Å². The monoisotopic (exact) mass is 344 g/mol. The zero-order valence-electron chi connectivity index (χ0n) is 15.7. The first-order chi connectivity index (χ1) is 11.8. The van der Waals surface area contributed by atoms with Crippen LogP contribution in [-0.2, 0) is 9.53 Å². The predicted molar refractivity (Wildman–Crippen MR) is 93.6 cm³/mol. The molecular formula is C22H32O3. The zero-order valence-corrected chi connectivity index (χ0v) is 15.7. The highest BCUT2D eigenvalue weighted by Crippen LogP contribution is 2.79. The van der Waals surface area contributed by atoms with Crippen molar-refractivity contribution in [2.75, 3.05) is 6.61 Å². The highest BCUT2D eigenvalue weighted by Gasteiger charge is 2.75. The fourth-order valence-corrected chi connectivity index (χ4v) is 9.72. The number of hydrogen-bond donors (Lipinski definition) is 1. The number of fused-ring (bicyclic) bond motifs is 5. The standard InChI is InChI=1S/C22H32O3/c1-19(2,24)20-6-13-5-14(7-20)9-21(8-13,12-20)22-4-3-15(10-22)16-11-25-18(23)17(16)22/h13-17,24H,3-12H2,1-2H3. The molecule has 6 saturated carbocycles. The van der Waals surface area contributed by atoms with Gasteiger partial charge in [0.15, 0.2) is 0 Å². The molecule has 25 heavy (non-hydrogen) atoms. The number of rotatable bonds is 2. The van der Waals surface area contributed by atoms with Crippen LogP contribution in [0.3, 0.4) is 0 Å². The number of esters is 1. The van der Waals surface area contributed by atoms with E-state index in [2.05, 4.69) is 13.8 Å². The lowest BCUT2D eigenvalue weighted by Crippen LogP contribution is -2.64. The van der Waals surface area contributed by atoms with Crippen molar-refractivity contribution in [3.63, 3.8) is 0 Å². The van der Waals surface area contributed by atoms with Crippen molar-refractivity contribution in [2.45, 2.75) is 77.2 Å². The Balaban J connectivity index is 1.49. The highest BCUT2D eigenvalue weighted by molar-refractivity contribution is 5.77. The molecule has 6 unspecified atom stereocenters. The Hall–Kier alpha value is -0.570. The van der Waals surface area contributed by atoms with Crippen molar-refractivity contribution in [3.8, 4) is 0 Å². The van der Waals surface area contributed by atoms with E-state index in [9.17, 15) is 9.90 Å². The van der Waals surface area contributed by atoms with E-state index < -0.39 is 5.60 Å². The Bertz CT molecular complexity index is 632. The Kier molecular flexibility index (Phi) is 2.66. The van der Waals surface area contributed by atoms with Crippen LogP contribution in [-0.4, -0.2) is 23.3 Å². The highest BCUT2D eigenvalue weighted by atomic mass is 16.5. The summed E-state index contributed by atoms with van der Waals surface area (Å²) in [7, 11) is 0. The van der Waals surface area contributed by atoms with Gasteiger partial charge in [-0.3, -0.25) is 4.79 Å². The van der Waals surface area contributed by atoms with Gasteiger partial charge in [-0.2, -0.15) is 0 Å². The van der Waals surface area contributed by atoms with E-state index in [0.717, 1.165) is 17.8 Å². The fraction of sp³-hybridized carbons (Fsp3) is 0.955. The maximum atomic E-state index is 12.7. The quantitative estimate of drug-likeness (QED) is 0.772. The van der Waals surface area contributed by atoms with E-state index in [1.807, 2.05) is 0 Å². The van der Waals surface area contributed by atoms with Gasteiger partial charge >= 0.3 is 5.97 Å². The molecule has 0 spiro atoms. The van der Waals surface area contributed by atoms with Crippen LogP contribution in [0.5, 0.6) is 0 Å². The molecule has 1 heterocycles. The van der Waals surface area contributed by atoms with E-state index in [-0.39, 0.29) is 22.7 Å². The van der Waals surface area contributed by atoms with Gasteiger partial charge in [-0.1, -0.05) is 0 Å². The number of carbonyl (C=O) groups excluding carboxylic acids is 1. The summed E-state index contributed by atoms with van der Waals surface area (Å²) in [5.41, 5.74) is -0.0118. The summed E-state index contributed by atoms with van der Waals surface area (Å²) in [6, 6.07) is 0. The summed E-state index contributed by atoms with van der Waals surface area (Å²) in [5.74, 6) is 3.09. The van der Waals surface area contributed by atoms with Gasteiger partial charge in [-0.25, -0.2) is 0 Å².